The number of carbonyl (C=O) groups is 1. The number of esters is 1. The second-order valence-electron chi connectivity index (χ2n) is 9.71. The fraction of sp³-hybridized carbons (Fsp3) is 0.147. The third-order valence-corrected chi connectivity index (χ3v) is 8.05. The first-order valence-corrected chi connectivity index (χ1v) is 14.3. The highest BCUT2D eigenvalue weighted by atomic mass is 32.1. The molecule has 4 aromatic carbocycles. The number of aromatic nitrogens is 1. The molecule has 2 heterocycles. The summed E-state index contributed by atoms with van der Waals surface area (Å²) in [6, 6.07) is 31.0. The topological polar surface area (TPSA) is 69.9 Å². The van der Waals surface area contributed by atoms with Crippen molar-refractivity contribution in [3.8, 4) is 5.75 Å². The minimum Gasteiger partial charge on any atom is -0.489 e. The molecule has 0 aliphatic carbocycles. The van der Waals surface area contributed by atoms with Gasteiger partial charge in [0.1, 0.15) is 12.4 Å². The van der Waals surface area contributed by atoms with Crippen molar-refractivity contribution in [2.75, 3.05) is 6.61 Å². The van der Waals surface area contributed by atoms with Crippen LogP contribution in [0, 0.1) is 0 Å². The lowest BCUT2D eigenvalue weighted by molar-refractivity contribution is -0.139. The van der Waals surface area contributed by atoms with Gasteiger partial charge < -0.3 is 9.47 Å². The van der Waals surface area contributed by atoms with Gasteiger partial charge in [-0.2, -0.15) is 0 Å². The molecular weight excluding hydrogens is 532 g/mol. The highest BCUT2D eigenvalue weighted by Gasteiger charge is 2.33. The molecule has 1 atom stereocenters. The molecule has 0 radical (unpaired) electrons. The van der Waals surface area contributed by atoms with Gasteiger partial charge in [0, 0.05) is 0 Å². The average molecular weight is 561 g/mol. The fourth-order valence-corrected chi connectivity index (χ4v) is 6.21. The van der Waals surface area contributed by atoms with Gasteiger partial charge in [0.05, 0.1) is 28.5 Å². The predicted molar refractivity (Wildman–Crippen MR) is 162 cm³/mol. The van der Waals surface area contributed by atoms with Crippen molar-refractivity contribution >= 4 is 34.2 Å². The van der Waals surface area contributed by atoms with Crippen molar-refractivity contribution in [2.45, 2.75) is 26.5 Å². The molecule has 6 rings (SSSR count). The van der Waals surface area contributed by atoms with Crippen molar-refractivity contribution in [3.63, 3.8) is 0 Å². The summed E-state index contributed by atoms with van der Waals surface area (Å²) in [6.45, 7) is 4.22. The largest absolute Gasteiger partial charge is 0.489 e. The smallest absolute Gasteiger partial charge is 0.338 e. The molecule has 0 spiro atoms. The maximum atomic E-state index is 13.8. The maximum Gasteiger partial charge on any atom is 0.338 e. The lowest BCUT2D eigenvalue weighted by atomic mass is 9.96. The van der Waals surface area contributed by atoms with Gasteiger partial charge in [-0.3, -0.25) is 9.36 Å². The fourth-order valence-electron chi connectivity index (χ4n) is 5.17. The van der Waals surface area contributed by atoms with Crippen LogP contribution < -0.4 is 19.6 Å². The lowest BCUT2D eigenvalue weighted by Crippen LogP contribution is -2.39. The van der Waals surface area contributed by atoms with E-state index < -0.39 is 12.0 Å². The van der Waals surface area contributed by atoms with Crippen molar-refractivity contribution in [2.24, 2.45) is 4.99 Å². The molecule has 0 bridgehead atoms. The first-order valence-electron chi connectivity index (χ1n) is 13.5. The standard InChI is InChI=1S/C34H28N2O4S/c1-3-39-33(38)30-22(2)35-34-36(31(30)25-13-5-4-6-14-25)32(37)29(41-34)20-23-11-9-17-27(19-23)40-21-26-16-10-15-24-12-7-8-18-28(24)26/h4-20,31H,3,21H2,1-2H3/b29-20+/t31-/m1/s1. The summed E-state index contributed by atoms with van der Waals surface area (Å²) in [5, 5.41) is 2.34. The van der Waals surface area contributed by atoms with Gasteiger partial charge in [0.15, 0.2) is 4.80 Å². The summed E-state index contributed by atoms with van der Waals surface area (Å²) < 4.78 is 13.7. The van der Waals surface area contributed by atoms with Gasteiger partial charge in [-0.05, 0) is 59.5 Å². The normalized spacial score (nSPS) is 15.0. The second-order valence-corrected chi connectivity index (χ2v) is 10.7. The van der Waals surface area contributed by atoms with Crippen LogP contribution in [0.4, 0.5) is 0 Å². The summed E-state index contributed by atoms with van der Waals surface area (Å²) in [5.74, 6) is 0.245. The lowest BCUT2D eigenvalue weighted by Gasteiger charge is -2.24. The third kappa shape index (κ3) is 5.24. The van der Waals surface area contributed by atoms with Crippen molar-refractivity contribution in [3.05, 3.63) is 145 Å². The van der Waals surface area contributed by atoms with Crippen LogP contribution in [0.1, 0.15) is 36.6 Å². The Morgan fingerprint density at radius 3 is 2.56 bits per heavy atom. The molecule has 5 aromatic rings. The van der Waals surface area contributed by atoms with Crippen LogP contribution in [0.25, 0.3) is 16.8 Å². The Balaban J connectivity index is 1.36. The number of thiazole rings is 1. The monoisotopic (exact) mass is 560 g/mol. The van der Waals surface area contributed by atoms with Crippen LogP contribution in [-0.4, -0.2) is 17.1 Å². The number of benzene rings is 4. The number of hydrogen-bond acceptors (Lipinski definition) is 6. The van der Waals surface area contributed by atoms with E-state index in [0.29, 0.717) is 33.0 Å². The number of rotatable bonds is 7. The first kappa shape index (κ1) is 26.5. The molecule has 0 amide bonds. The van der Waals surface area contributed by atoms with Crippen molar-refractivity contribution < 1.29 is 14.3 Å². The van der Waals surface area contributed by atoms with E-state index in [4.69, 9.17) is 9.47 Å². The number of allylic oxidation sites excluding steroid dienone is 1. The van der Waals surface area contributed by atoms with Gasteiger partial charge in [-0.15, -0.1) is 0 Å². The minimum atomic E-state index is -0.621. The highest BCUT2D eigenvalue weighted by Crippen LogP contribution is 2.30. The SMILES string of the molecule is CCOC(=O)C1=C(C)N=c2s/c(=C/c3cccc(OCc4cccc5ccccc45)c3)c(=O)n2[C@@H]1c1ccccc1. The molecule has 41 heavy (non-hydrogen) atoms. The van der Waals surface area contributed by atoms with Crippen LogP contribution in [0.3, 0.4) is 0 Å². The summed E-state index contributed by atoms with van der Waals surface area (Å²) in [4.78, 5) is 32.0. The Labute approximate surface area is 241 Å². The van der Waals surface area contributed by atoms with Crippen LogP contribution in [-0.2, 0) is 16.1 Å². The van der Waals surface area contributed by atoms with Gasteiger partial charge in [0.25, 0.3) is 5.56 Å². The molecule has 204 valence electrons. The van der Waals surface area contributed by atoms with Crippen molar-refractivity contribution in [1.29, 1.82) is 0 Å². The highest BCUT2D eigenvalue weighted by molar-refractivity contribution is 7.07. The van der Waals surface area contributed by atoms with E-state index in [0.717, 1.165) is 22.1 Å². The zero-order chi connectivity index (χ0) is 28.3. The number of hydrogen-bond donors (Lipinski definition) is 0. The molecule has 1 aliphatic heterocycles. The molecular formula is C34H28N2O4S. The minimum absolute atomic E-state index is 0.209. The molecule has 7 heteroatoms. The maximum absolute atomic E-state index is 13.8. The predicted octanol–water partition coefficient (Wildman–Crippen LogP) is 5.53. The molecule has 1 aliphatic rings. The van der Waals surface area contributed by atoms with Crippen LogP contribution in [0.2, 0.25) is 0 Å². The number of carbonyl (C=O) groups excluding carboxylic acids is 1. The zero-order valence-electron chi connectivity index (χ0n) is 22.7. The van der Waals surface area contributed by atoms with E-state index in [9.17, 15) is 9.59 Å². The first-order chi connectivity index (χ1) is 20.0. The molecule has 6 nitrogen and oxygen atoms in total. The van der Waals surface area contributed by atoms with Gasteiger partial charge >= 0.3 is 5.97 Å². The molecule has 0 N–H and O–H groups in total. The van der Waals surface area contributed by atoms with E-state index >= 15 is 0 Å². The Morgan fingerprint density at radius 2 is 1.73 bits per heavy atom. The molecule has 0 saturated heterocycles. The third-order valence-electron chi connectivity index (χ3n) is 7.06. The van der Waals surface area contributed by atoms with E-state index in [2.05, 4.69) is 29.3 Å². The number of fused-ring (bicyclic) bond motifs is 2. The van der Waals surface area contributed by atoms with E-state index in [1.54, 1.807) is 18.4 Å². The second kappa shape index (κ2) is 11.4. The van der Waals surface area contributed by atoms with Crippen molar-refractivity contribution in [1.82, 2.24) is 4.57 Å². The van der Waals surface area contributed by atoms with Gasteiger partial charge in [-0.25, -0.2) is 9.79 Å². The summed E-state index contributed by atoms with van der Waals surface area (Å²) in [7, 11) is 0. The van der Waals surface area contributed by atoms with Crippen LogP contribution in [0.5, 0.6) is 5.75 Å². The molecule has 0 unspecified atom stereocenters. The van der Waals surface area contributed by atoms with E-state index in [1.165, 1.54) is 16.7 Å². The average Bonchev–Trinajstić information content (AvgIpc) is 3.29. The Kier molecular flexibility index (Phi) is 7.35. The molecule has 0 fully saturated rings. The summed E-state index contributed by atoms with van der Waals surface area (Å²) >= 11 is 1.30. The summed E-state index contributed by atoms with van der Waals surface area (Å²) in [6.07, 6.45) is 1.85. The Morgan fingerprint density at radius 1 is 0.976 bits per heavy atom. The van der Waals surface area contributed by atoms with E-state index in [-0.39, 0.29) is 12.2 Å². The van der Waals surface area contributed by atoms with Gasteiger partial charge in [-0.1, -0.05) is 96.3 Å². The quantitative estimate of drug-likeness (QED) is 0.246. The van der Waals surface area contributed by atoms with Crippen LogP contribution in [0.15, 0.2) is 118 Å². The Hall–Kier alpha value is -4.75. The van der Waals surface area contributed by atoms with Crippen LogP contribution >= 0.6 is 11.3 Å². The Bertz CT molecular complexity index is 1970. The number of nitrogens with zero attached hydrogens (tertiary/aromatic N) is 2. The number of ether oxygens (including phenoxy) is 2. The van der Waals surface area contributed by atoms with E-state index in [1.807, 2.05) is 78.9 Å². The van der Waals surface area contributed by atoms with Gasteiger partial charge in [0.2, 0.25) is 0 Å². The zero-order valence-corrected chi connectivity index (χ0v) is 23.6. The summed E-state index contributed by atoms with van der Waals surface area (Å²) in [5.41, 5.74) is 3.48. The molecule has 0 saturated carbocycles. The molecule has 1 aromatic heterocycles.